The molecule has 0 spiro atoms. The standard InChI is InChI=1S/C14H20N2O3.C2H6/c1-3-13(17)16-12(10-19-2)14(18)15-9-11-7-5-4-6-8-11;1-2/h4-8,12H,3,9-10H2,1-2H3,(H,15,18)(H,16,17);1-2H3. The fourth-order valence-electron chi connectivity index (χ4n) is 1.55. The Kier molecular flexibility index (Phi) is 10.8. The van der Waals surface area contributed by atoms with Crippen LogP contribution in [0.4, 0.5) is 0 Å². The van der Waals surface area contributed by atoms with Crippen molar-refractivity contribution in [1.29, 1.82) is 0 Å². The topological polar surface area (TPSA) is 67.4 Å². The van der Waals surface area contributed by atoms with Gasteiger partial charge >= 0.3 is 0 Å². The monoisotopic (exact) mass is 294 g/mol. The number of ether oxygens (including phenoxy) is 1. The Morgan fingerprint density at radius 1 is 1.19 bits per heavy atom. The van der Waals surface area contributed by atoms with Crippen molar-refractivity contribution in [2.45, 2.75) is 39.8 Å². The van der Waals surface area contributed by atoms with Crippen molar-refractivity contribution in [3.8, 4) is 0 Å². The van der Waals surface area contributed by atoms with Gasteiger partial charge in [0.15, 0.2) is 0 Å². The zero-order chi connectivity index (χ0) is 16.1. The first-order valence-corrected chi connectivity index (χ1v) is 7.27. The average molecular weight is 294 g/mol. The minimum atomic E-state index is -0.652. The summed E-state index contributed by atoms with van der Waals surface area (Å²) in [4.78, 5) is 23.3. The average Bonchev–Trinajstić information content (AvgIpc) is 2.54. The van der Waals surface area contributed by atoms with Crippen molar-refractivity contribution in [1.82, 2.24) is 10.6 Å². The lowest BCUT2D eigenvalue weighted by atomic mass is 10.2. The van der Waals surface area contributed by atoms with Crippen LogP contribution in [0.15, 0.2) is 30.3 Å². The lowest BCUT2D eigenvalue weighted by Crippen LogP contribution is -2.48. The van der Waals surface area contributed by atoms with Crippen molar-refractivity contribution in [3.05, 3.63) is 35.9 Å². The summed E-state index contributed by atoms with van der Waals surface area (Å²) in [7, 11) is 1.50. The fourth-order valence-corrected chi connectivity index (χ4v) is 1.55. The van der Waals surface area contributed by atoms with Crippen LogP contribution in [0, 0.1) is 0 Å². The van der Waals surface area contributed by atoms with Crippen molar-refractivity contribution in [2.24, 2.45) is 0 Å². The van der Waals surface area contributed by atoms with E-state index in [0.29, 0.717) is 13.0 Å². The summed E-state index contributed by atoms with van der Waals surface area (Å²) in [6, 6.07) is 8.94. The molecule has 118 valence electrons. The molecule has 21 heavy (non-hydrogen) atoms. The molecule has 0 aliphatic carbocycles. The van der Waals surface area contributed by atoms with Gasteiger partial charge < -0.3 is 15.4 Å². The number of hydrogen-bond donors (Lipinski definition) is 2. The zero-order valence-electron chi connectivity index (χ0n) is 13.3. The summed E-state index contributed by atoms with van der Waals surface area (Å²) in [5.74, 6) is -0.413. The third kappa shape index (κ3) is 8.09. The molecule has 1 atom stereocenters. The Hall–Kier alpha value is -1.88. The maximum Gasteiger partial charge on any atom is 0.245 e. The quantitative estimate of drug-likeness (QED) is 0.806. The summed E-state index contributed by atoms with van der Waals surface area (Å²) < 4.78 is 4.95. The highest BCUT2D eigenvalue weighted by Gasteiger charge is 2.19. The molecule has 0 heterocycles. The molecule has 5 heteroatoms. The van der Waals surface area contributed by atoms with E-state index in [0.717, 1.165) is 5.56 Å². The molecule has 0 saturated carbocycles. The molecule has 5 nitrogen and oxygen atoms in total. The molecule has 1 rings (SSSR count). The van der Waals surface area contributed by atoms with E-state index in [1.165, 1.54) is 7.11 Å². The van der Waals surface area contributed by atoms with Gasteiger partial charge in [-0.1, -0.05) is 51.1 Å². The van der Waals surface area contributed by atoms with Crippen LogP contribution < -0.4 is 10.6 Å². The smallest absolute Gasteiger partial charge is 0.245 e. The lowest BCUT2D eigenvalue weighted by molar-refractivity contribution is -0.130. The minimum absolute atomic E-state index is 0.159. The summed E-state index contributed by atoms with van der Waals surface area (Å²) in [6.45, 7) is 6.33. The molecule has 1 unspecified atom stereocenters. The van der Waals surface area contributed by atoms with Crippen LogP contribution in [0.5, 0.6) is 0 Å². The molecule has 1 aromatic rings. The molecule has 0 saturated heterocycles. The molecule has 1 aromatic carbocycles. The van der Waals surface area contributed by atoms with Gasteiger partial charge in [0.1, 0.15) is 6.04 Å². The van der Waals surface area contributed by atoms with Gasteiger partial charge in [-0.15, -0.1) is 0 Å². The van der Waals surface area contributed by atoms with Gasteiger partial charge in [0.25, 0.3) is 0 Å². The zero-order valence-corrected chi connectivity index (χ0v) is 13.3. The van der Waals surface area contributed by atoms with Crippen molar-refractivity contribution in [2.75, 3.05) is 13.7 Å². The molecule has 0 aliphatic rings. The van der Waals surface area contributed by atoms with Gasteiger partial charge in [0.05, 0.1) is 6.61 Å². The second kappa shape index (κ2) is 11.9. The van der Waals surface area contributed by atoms with Crippen LogP contribution in [0.25, 0.3) is 0 Å². The van der Waals surface area contributed by atoms with Gasteiger partial charge in [-0.25, -0.2) is 0 Å². The first-order chi connectivity index (χ1) is 10.2. The van der Waals surface area contributed by atoms with E-state index >= 15 is 0 Å². The number of rotatable bonds is 7. The number of nitrogens with one attached hydrogen (secondary N) is 2. The molecule has 2 amide bonds. The Morgan fingerprint density at radius 2 is 1.81 bits per heavy atom. The van der Waals surface area contributed by atoms with E-state index in [2.05, 4.69) is 10.6 Å². The van der Waals surface area contributed by atoms with Crippen LogP contribution >= 0.6 is 0 Å². The van der Waals surface area contributed by atoms with Crippen LogP contribution in [-0.4, -0.2) is 31.6 Å². The van der Waals surface area contributed by atoms with Gasteiger partial charge in [-0.05, 0) is 5.56 Å². The normalized spacial score (nSPS) is 10.9. The Balaban J connectivity index is 0.00000191. The number of carbonyl (C=O) groups excluding carboxylic acids is 2. The van der Waals surface area contributed by atoms with Gasteiger partial charge in [0.2, 0.25) is 11.8 Å². The van der Waals surface area contributed by atoms with E-state index in [-0.39, 0.29) is 18.4 Å². The van der Waals surface area contributed by atoms with E-state index < -0.39 is 6.04 Å². The number of carbonyl (C=O) groups is 2. The predicted octanol–water partition coefficient (Wildman–Crippen LogP) is 1.87. The van der Waals surface area contributed by atoms with Crippen LogP contribution in [0.3, 0.4) is 0 Å². The molecule has 0 aromatic heterocycles. The Bertz CT molecular complexity index is 407. The summed E-state index contributed by atoms with van der Waals surface area (Å²) in [5.41, 5.74) is 1.01. The summed E-state index contributed by atoms with van der Waals surface area (Å²) in [5, 5.41) is 5.41. The van der Waals surface area contributed by atoms with E-state index in [1.54, 1.807) is 6.92 Å². The molecular formula is C16H26N2O3. The first kappa shape index (κ1) is 19.1. The SMILES string of the molecule is CC.CCC(=O)NC(COC)C(=O)NCc1ccccc1. The van der Waals surface area contributed by atoms with Gasteiger partial charge in [0, 0.05) is 20.1 Å². The highest BCUT2D eigenvalue weighted by molar-refractivity contribution is 5.87. The molecule has 0 radical (unpaired) electrons. The van der Waals surface area contributed by atoms with Gasteiger partial charge in [-0.2, -0.15) is 0 Å². The van der Waals surface area contributed by atoms with E-state index in [1.807, 2.05) is 44.2 Å². The lowest BCUT2D eigenvalue weighted by Gasteiger charge is -2.17. The van der Waals surface area contributed by atoms with Crippen LogP contribution in [0.1, 0.15) is 32.8 Å². The van der Waals surface area contributed by atoms with Crippen LogP contribution in [0.2, 0.25) is 0 Å². The maximum atomic E-state index is 12.0. The third-order valence-corrected chi connectivity index (χ3v) is 2.62. The Morgan fingerprint density at radius 3 is 2.33 bits per heavy atom. The first-order valence-electron chi connectivity index (χ1n) is 7.27. The Labute approximate surface area is 127 Å². The highest BCUT2D eigenvalue weighted by atomic mass is 16.5. The maximum absolute atomic E-state index is 12.0. The van der Waals surface area contributed by atoms with Crippen LogP contribution in [-0.2, 0) is 20.9 Å². The number of amides is 2. The van der Waals surface area contributed by atoms with Crippen molar-refractivity contribution in [3.63, 3.8) is 0 Å². The summed E-state index contributed by atoms with van der Waals surface area (Å²) in [6.07, 6.45) is 0.339. The number of methoxy groups -OCH3 is 1. The molecule has 0 aliphatic heterocycles. The van der Waals surface area contributed by atoms with Crippen molar-refractivity contribution < 1.29 is 14.3 Å². The second-order valence-electron chi connectivity index (χ2n) is 4.13. The molecule has 0 fully saturated rings. The van der Waals surface area contributed by atoms with Crippen molar-refractivity contribution >= 4 is 11.8 Å². The van der Waals surface area contributed by atoms with E-state index in [4.69, 9.17) is 4.74 Å². The third-order valence-electron chi connectivity index (χ3n) is 2.62. The molecule has 2 N–H and O–H groups in total. The molecular weight excluding hydrogens is 268 g/mol. The predicted molar refractivity (Wildman–Crippen MR) is 83.7 cm³/mol. The van der Waals surface area contributed by atoms with E-state index in [9.17, 15) is 9.59 Å². The largest absolute Gasteiger partial charge is 0.382 e. The second-order valence-corrected chi connectivity index (χ2v) is 4.13. The van der Waals surface area contributed by atoms with Gasteiger partial charge in [-0.3, -0.25) is 9.59 Å². The minimum Gasteiger partial charge on any atom is -0.382 e. The number of hydrogen-bond acceptors (Lipinski definition) is 3. The molecule has 0 bridgehead atoms. The summed E-state index contributed by atoms with van der Waals surface area (Å²) >= 11 is 0. The fraction of sp³-hybridized carbons (Fsp3) is 0.500. The highest BCUT2D eigenvalue weighted by Crippen LogP contribution is 1.98. The number of benzene rings is 1.